The number of carbonyl (C=O) groups excluding carboxylic acids is 1. The van der Waals surface area contributed by atoms with E-state index < -0.39 is 10.0 Å². The number of thiophene rings is 1. The van der Waals surface area contributed by atoms with E-state index in [4.69, 9.17) is 0 Å². The number of nitrogens with zero attached hydrogens (tertiary/aromatic N) is 1. The number of benzene rings is 1. The van der Waals surface area contributed by atoms with Crippen molar-refractivity contribution < 1.29 is 13.2 Å². The molecule has 4 nitrogen and oxygen atoms in total. The molecule has 0 aliphatic carbocycles. The lowest BCUT2D eigenvalue weighted by atomic mass is 10.0. The monoisotopic (exact) mass is 335 g/mol. The molecule has 22 heavy (non-hydrogen) atoms. The molecule has 1 fully saturated rings. The Kier molecular flexibility index (Phi) is 4.16. The highest BCUT2D eigenvalue weighted by Gasteiger charge is 2.33. The van der Waals surface area contributed by atoms with Gasteiger partial charge in [-0.3, -0.25) is 4.79 Å². The van der Waals surface area contributed by atoms with E-state index in [-0.39, 0.29) is 16.6 Å². The van der Waals surface area contributed by atoms with E-state index in [1.54, 1.807) is 23.5 Å². The first-order valence-corrected chi connectivity index (χ1v) is 9.50. The van der Waals surface area contributed by atoms with E-state index in [1.807, 2.05) is 5.38 Å². The Labute approximate surface area is 134 Å². The van der Waals surface area contributed by atoms with E-state index in [0.29, 0.717) is 18.7 Å². The first kappa shape index (κ1) is 15.4. The zero-order chi connectivity index (χ0) is 15.7. The number of hydrogen-bond acceptors (Lipinski definition) is 4. The molecule has 0 bridgehead atoms. The Morgan fingerprint density at radius 3 is 2.55 bits per heavy atom. The standard InChI is InChI=1S/C16H17NO3S2/c1-12(18)13-2-4-16(5-3-13)22(19,20)17-8-6-14(10-17)15-7-9-21-11-15/h2-5,7,9,11,14H,6,8,10H2,1H3. The van der Waals surface area contributed by atoms with Gasteiger partial charge in [0.2, 0.25) is 10.0 Å². The molecule has 0 spiro atoms. The van der Waals surface area contributed by atoms with Crippen LogP contribution in [0.5, 0.6) is 0 Å². The van der Waals surface area contributed by atoms with E-state index in [2.05, 4.69) is 11.4 Å². The van der Waals surface area contributed by atoms with Gasteiger partial charge < -0.3 is 0 Å². The molecule has 1 saturated heterocycles. The maximum Gasteiger partial charge on any atom is 0.243 e. The quantitative estimate of drug-likeness (QED) is 0.807. The van der Waals surface area contributed by atoms with Crippen LogP contribution in [-0.2, 0) is 10.0 Å². The van der Waals surface area contributed by atoms with Crippen molar-refractivity contribution >= 4 is 27.1 Å². The van der Waals surface area contributed by atoms with Crippen molar-refractivity contribution in [3.8, 4) is 0 Å². The molecule has 1 atom stereocenters. The summed E-state index contributed by atoms with van der Waals surface area (Å²) in [6, 6.07) is 8.24. The smallest absolute Gasteiger partial charge is 0.243 e. The van der Waals surface area contributed by atoms with Gasteiger partial charge in [0.05, 0.1) is 4.90 Å². The summed E-state index contributed by atoms with van der Waals surface area (Å²) in [5.41, 5.74) is 1.74. The van der Waals surface area contributed by atoms with E-state index in [0.717, 1.165) is 6.42 Å². The molecule has 1 aliphatic heterocycles. The predicted octanol–water partition coefficient (Wildman–Crippen LogP) is 3.13. The zero-order valence-electron chi connectivity index (χ0n) is 12.2. The Hall–Kier alpha value is -1.50. The van der Waals surface area contributed by atoms with Crippen molar-refractivity contribution in [2.24, 2.45) is 0 Å². The third-order valence-electron chi connectivity index (χ3n) is 4.06. The van der Waals surface area contributed by atoms with Gasteiger partial charge in [-0.1, -0.05) is 12.1 Å². The van der Waals surface area contributed by atoms with Crippen LogP contribution in [0, 0.1) is 0 Å². The number of Topliss-reactive ketones (excluding diaryl/α,β-unsaturated/α-hetero) is 1. The summed E-state index contributed by atoms with van der Waals surface area (Å²) in [6.07, 6.45) is 0.849. The summed E-state index contributed by atoms with van der Waals surface area (Å²) < 4.78 is 26.9. The normalized spacial score (nSPS) is 19.4. The first-order valence-electron chi connectivity index (χ1n) is 7.12. The summed E-state index contributed by atoms with van der Waals surface area (Å²) in [5.74, 6) is 0.208. The molecule has 2 heterocycles. The largest absolute Gasteiger partial charge is 0.295 e. The van der Waals surface area contributed by atoms with Crippen LogP contribution < -0.4 is 0 Å². The molecule has 2 aromatic rings. The molecule has 3 rings (SSSR count). The molecule has 0 amide bonds. The average Bonchev–Trinajstić information content (AvgIpc) is 3.18. The van der Waals surface area contributed by atoms with Gasteiger partial charge in [0.15, 0.2) is 5.78 Å². The van der Waals surface area contributed by atoms with Crippen LogP contribution in [0.2, 0.25) is 0 Å². The van der Waals surface area contributed by atoms with Crippen LogP contribution in [0.3, 0.4) is 0 Å². The number of ketones is 1. The SMILES string of the molecule is CC(=O)c1ccc(S(=O)(=O)N2CCC(c3ccsc3)C2)cc1. The fraction of sp³-hybridized carbons (Fsp3) is 0.312. The highest BCUT2D eigenvalue weighted by molar-refractivity contribution is 7.89. The molecule has 1 aliphatic rings. The van der Waals surface area contributed by atoms with Gasteiger partial charge in [0.25, 0.3) is 0 Å². The Bertz CT molecular complexity index is 764. The molecular formula is C16H17NO3S2. The van der Waals surface area contributed by atoms with Gasteiger partial charge in [-0.2, -0.15) is 15.6 Å². The van der Waals surface area contributed by atoms with E-state index in [9.17, 15) is 13.2 Å². The molecule has 6 heteroatoms. The fourth-order valence-electron chi connectivity index (χ4n) is 2.74. The second kappa shape index (κ2) is 5.95. The van der Waals surface area contributed by atoms with Crippen LogP contribution in [0.4, 0.5) is 0 Å². The maximum absolute atomic E-state index is 12.7. The minimum Gasteiger partial charge on any atom is -0.295 e. The van der Waals surface area contributed by atoms with Crippen molar-refractivity contribution in [3.05, 3.63) is 52.2 Å². The Balaban J connectivity index is 1.80. The van der Waals surface area contributed by atoms with Crippen LogP contribution >= 0.6 is 11.3 Å². The Morgan fingerprint density at radius 2 is 1.95 bits per heavy atom. The second-order valence-electron chi connectivity index (χ2n) is 5.49. The van der Waals surface area contributed by atoms with Crippen molar-refractivity contribution in [2.45, 2.75) is 24.2 Å². The highest BCUT2D eigenvalue weighted by atomic mass is 32.2. The van der Waals surface area contributed by atoms with Crippen molar-refractivity contribution in [1.82, 2.24) is 4.31 Å². The molecule has 116 valence electrons. The van der Waals surface area contributed by atoms with Crippen LogP contribution in [0.1, 0.15) is 35.2 Å². The minimum absolute atomic E-state index is 0.0670. The predicted molar refractivity (Wildman–Crippen MR) is 86.9 cm³/mol. The molecule has 1 aromatic carbocycles. The third kappa shape index (κ3) is 2.86. The molecule has 0 saturated carbocycles. The number of carbonyl (C=O) groups is 1. The lowest BCUT2D eigenvalue weighted by Gasteiger charge is -2.16. The molecule has 1 aromatic heterocycles. The number of hydrogen-bond donors (Lipinski definition) is 0. The minimum atomic E-state index is -3.48. The molecule has 0 N–H and O–H groups in total. The average molecular weight is 335 g/mol. The van der Waals surface area contributed by atoms with Crippen LogP contribution in [-0.4, -0.2) is 31.6 Å². The van der Waals surface area contributed by atoms with Crippen molar-refractivity contribution in [3.63, 3.8) is 0 Å². The van der Waals surface area contributed by atoms with Crippen LogP contribution in [0.25, 0.3) is 0 Å². The van der Waals surface area contributed by atoms with Gasteiger partial charge in [-0.05, 0) is 53.8 Å². The third-order valence-corrected chi connectivity index (χ3v) is 6.65. The lowest BCUT2D eigenvalue weighted by molar-refractivity contribution is 0.101. The second-order valence-corrected chi connectivity index (χ2v) is 8.20. The van der Waals surface area contributed by atoms with Crippen LogP contribution in [0.15, 0.2) is 46.0 Å². The molecule has 0 radical (unpaired) electrons. The molecular weight excluding hydrogens is 318 g/mol. The fourth-order valence-corrected chi connectivity index (χ4v) is 4.98. The summed E-state index contributed by atoms with van der Waals surface area (Å²) in [7, 11) is -3.48. The summed E-state index contributed by atoms with van der Waals surface area (Å²) >= 11 is 1.64. The van der Waals surface area contributed by atoms with Crippen molar-refractivity contribution in [2.75, 3.05) is 13.1 Å². The molecule has 1 unspecified atom stereocenters. The maximum atomic E-state index is 12.7. The zero-order valence-corrected chi connectivity index (χ0v) is 13.9. The van der Waals surface area contributed by atoms with Crippen molar-refractivity contribution in [1.29, 1.82) is 0 Å². The number of rotatable bonds is 4. The Morgan fingerprint density at radius 1 is 1.23 bits per heavy atom. The van der Waals surface area contributed by atoms with Gasteiger partial charge in [-0.25, -0.2) is 8.42 Å². The van der Waals surface area contributed by atoms with E-state index in [1.165, 1.54) is 28.9 Å². The highest BCUT2D eigenvalue weighted by Crippen LogP contribution is 2.32. The van der Waals surface area contributed by atoms with Gasteiger partial charge in [0.1, 0.15) is 0 Å². The summed E-state index contributed by atoms with van der Waals surface area (Å²) in [6.45, 7) is 2.53. The van der Waals surface area contributed by atoms with E-state index >= 15 is 0 Å². The van der Waals surface area contributed by atoms with Gasteiger partial charge in [0, 0.05) is 18.7 Å². The lowest BCUT2D eigenvalue weighted by Crippen LogP contribution is -2.28. The van der Waals surface area contributed by atoms with Gasteiger partial charge in [-0.15, -0.1) is 0 Å². The summed E-state index contributed by atoms with van der Waals surface area (Å²) in [4.78, 5) is 11.5. The topological polar surface area (TPSA) is 54.5 Å². The number of sulfonamides is 1. The van der Waals surface area contributed by atoms with Gasteiger partial charge >= 0.3 is 0 Å². The summed E-state index contributed by atoms with van der Waals surface area (Å²) in [5, 5.41) is 4.11. The first-order chi connectivity index (χ1) is 10.5.